The molecule has 19 heavy (non-hydrogen) atoms. The molecule has 1 aromatic rings. The second-order valence-corrected chi connectivity index (χ2v) is 4.31. The molecule has 2 unspecified atom stereocenters. The van der Waals surface area contributed by atoms with E-state index in [4.69, 9.17) is 4.74 Å². The maximum absolute atomic E-state index is 10.8. The van der Waals surface area contributed by atoms with Crippen LogP contribution >= 0.6 is 0 Å². The van der Waals surface area contributed by atoms with Crippen LogP contribution in [-0.2, 0) is 4.74 Å². The second-order valence-electron chi connectivity index (χ2n) is 4.31. The van der Waals surface area contributed by atoms with Gasteiger partial charge < -0.3 is 15.2 Å². The number of methoxy groups -OCH3 is 1. The molecule has 106 valence electrons. The monoisotopic (exact) mass is 268 g/mol. The van der Waals surface area contributed by atoms with E-state index in [1.54, 1.807) is 19.2 Å². The first kappa shape index (κ1) is 15.6. The van der Waals surface area contributed by atoms with Gasteiger partial charge in [0, 0.05) is 25.3 Å². The van der Waals surface area contributed by atoms with Gasteiger partial charge in [-0.25, -0.2) is 0 Å². The molecule has 0 radical (unpaired) electrons. The molecule has 0 spiro atoms. The van der Waals surface area contributed by atoms with Gasteiger partial charge in [-0.3, -0.25) is 10.1 Å². The first-order valence-electron chi connectivity index (χ1n) is 6.22. The van der Waals surface area contributed by atoms with Crippen molar-refractivity contribution in [3.05, 3.63) is 39.9 Å². The fourth-order valence-corrected chi connectivity index (χ4v) is 1.94. The Morgan fingerprint density at radius 3 is 2.79 bits per heavy atom. The molecule has 0 aromatic heterocycles. The zero-order valence-corrected chi connectivity index (χ0v) is 11.2. The summed E-state index contributed by atoms with van der Waals surface area (Å²) in [6.07, 6.45) is 0.765. The number of non-ortho nitro benzene ring substituents is 1. The molecule has 0 aliphatic carbocycles. The van der Waals surface area contributed by atoms with E-state index in [-0.39, 0.29) is 24.4 Å². The summed E-state index contributed by atoms with van der Waals surface area (Å²) in [6.45, 7) is 2.33. The van der Waals surface area contributed by atoms with Gasteiger partial charge in [0.1, 0.15) is 0 Å². The standard InChI is InChI=1S/C13H20N2O4/c1-3-13(14-11(8-16)9-19-2)10-5-4-6-12(7-10)15(17)18/h4-7,11,13-14,16H,3,8-9H2,1-2H3. The average Bonchev–Trinajstić information content (AvgIpc) is 2.43. The number of rotatable bonds is 8. The quantitative estimate of drug-likeness (QED) is 0.553. The van der Waals surface area contributed by atoms with Crippen molar-refractivity contribution < 1.29 is 14.8 Å². The lowest BCUT2D eigenvalue weighted by Gasteiger charge is -2.23. The number of benzene rings is 1. The molecule has 2 N–H and O–H groups in total. The Morgan fingerprint density at radius 1 is 1.53 bits per heavy atom. The highest BCUT2D eigenvalue weighted by molar-refractivity contribution is 5.35. The maximum Gasteiger partial charge on any atom is 0.269 e. The average molecular weight is 268 g/mol. The van der Waals surface area contributed by atoms with E-state index < -0.39 is 4.92 Å². The molecule has 1 aromatic carbocycles. The summed E-state index contributed by atoms with van der Waals surface area (Å²) in [4.78, 5) is 10.4. The number of nitro groups is 1. The van der Waals surface area contributed by atoms with Gasteiger partial charge in [-0.05, 0) is 12.0 Å². The number of nitrogens with one attached hydrogen (secondary N) is 1. The van der Waals surface area contributed by atoms with Crippen molar-refractivity contribution in [3.63, 3.8) is 0 Å². The first-order chi connectivity index (χ1) is 9.12. The van der Waals surface area contributed by atoms with Crippen molar-refractivity contribution >= 4 is 5.69 Å². The molecule has 1 rings (SSSR count). The van der Waals surface area contributed by atoms with Gasteiger partial charge in [0.15, 0.2) is 0 Å². The van der Waals surface area contributed by atoms with Crippen LogP contribution in [0.5, 0.6) is 0 Å². The van der Waals surface area contributed by atoms with Gasteiger partial charge in [-0.15, -0.1) is 0 Å². The van der Waals surface area contributed by atoms with E-state index in [2.05, 4.69) is 5.32 Å². The van der Waals surface area contributed by atoms with Crippen molar-refractivity contribution in [2.45, 2.75) is 25.4 Å². The van der Waals surface area contributed by atoms with Crippen LogP contribution in [0.1, 0.15) is 24.9 Å². The summed E-state index contributed by atoms with van der Waals surface area (Å²) >= 11 is 0. The summed E-state index contributed by atoms with van der Waals surface area (Å²) in [5.41, 5.74) is 0.913. The van der Waals surface area contributed by atoms with E-state index in [1.807, 2.05) is 13.0 Å². The summed E-state index contributed by atoms with van der Waals surface area (Å²) in [5, 5.41) is 23.2. The van der Waals surface area contributed by atoms with Crippen LogP contribution in [0.4, 0.5) is 5.69 Å². The third-order valence-corrected chi connectivity index (χ3v) is 2.92. The SMILES string of the molecule is CCC(NC(CO)COC)c1cccc([N+](=O)[O-])c1. The minimum Gasteiger partial charge on any atom is -0.395 e. The van der Waals surface area contributed by atoms with Gasteiger partial charge in [0.05, 0.1) is 24.2 Å². The Labute approximate surface area is 112 Å². The van der Waals surface area contributed by atoms with E-state index in [0.29, 0.717) is 6.61 Å². The van der Waals surface area contributed by atoms with E-state index in [1.165, 1.54) is 6.07 Å². The molecule has 0 fully saturated rings. The van der Waals surface area contributed by atoms with Crippen LogP contribution in [0.2, 0.25) is 0 Å². The molecular formula is C13H20N2O4. The van der Waals surface area contributed by atoms with Gasteiger partial charge in [0.25, 0.3) is 5.69 Å². The zero-order valence-electron chi connectivity index (χ0n) is 11.2. The number of aliphatic hydroxyl groups excluding tert-OH is 1. The zero-order chi connectivity index (χ0) is 14.3. The molecule has 0 aliphatic heterocycles. The predicted molar refractivity (Wildman–Crippen MR) is 72.0 cm³/mol. The van der Waals surface area contributed by atoms with Crippen LogP contribution in [0.3, 0.4) is 0 Å². The van der Waals surface area contributed by atoms with Crippen LogP contribution in [-0.4, -0.2) is 36.4 Å². The largest absolute Gasteiger partial charge is 0.395 e. The molecule has 2 atom stereocenters. The first-order valence-corrected chi connectivity index (χ1v) is 6.22. The summed E-state index contributed by atoms with van der Waals surface area (Å²) in [6, 6.07) is 6.30. The Hall–Kier alpha value is -1.50. The third-order valence-electron chi connectivity index (χ3n) is 2.92. The van der Waals surface area contributed by atoms with Crippen molar-refractivity contribution in [1.82, 2.24) is 5.32 Å². The number of ether oxygens (including phenoxy) is 1. The topological polar surface area (TPSA) is 84.6 Å². The normalized spacial score (nSPS) is 14.1. The Kier molecular flexibility index (Phi) is 6.41. The molecule has 0 heterocycles. The van der Waals surface area contributed by atoms with Crippen LogP contribution in [0.25, 0.3) is 0 Å². The highest BCUT2D eigenvalue weighted by atomic mass is 16.6. The van der Waals surface area contributed by atoms with Crippen molar-refractivity contribution in [1.29, 1.82) is 0 Å². The molecule has 6 heteroatoms. The molecule has 0 bridgehead atoms. The van der Waals surface area contributed by atoms with Crippen LogP contribution < -0.4 is 5.32 Å². The van der Waals surface area contributed by atoms with Crippen molar-refractivity contribution in [3.8, 4) is 0 Å². The number of nitrogens with zero attached hydrogens (tertiary/aromatic N) is 1. The third kappa shape index (κ3) is 4.59. The van der Waals surface area contributed by atoms with Crippen molar-refractivity contribution in [2.24, 2.45) is 0 Å². The highest BCUT2D eigenvalue weighted by Crippen LogP contribution is 2.22. The van der Waals surface area contributed by atoms with E-state index >= 15 is 0 Å². The maximum atomic E-state index is 10.8. The minimum atomic E-state index is -0.408. The molecule has 0 amide bonds. The van der Waals surface area contributed by atoms with Crippen LogP contribution in [0, 0.1) is 10.1 Å². The summed E-state index contributed by atoms with van der Waals surface area (Å²) < 4.78 is 5.01. The number of hydrogen-bond acceptors (Lipinski definition) is 5. The molecular weight excluding hydrogens is 248 g/mol. The lowest BCUT2D eigenvalue weighted by atomic mass is 10.0. The summed E-state index contributed by atoms with van der Waals surface area (Å²) in [5.74, 6) is 0. The molecule has 0 saturated heterocycles. The lowest BCUT2D eigenvalue weighted by Crippen LogP contribution is -2.38. The number of aliphatic hydroxyl groups is 1. The Bertz CT molecular complexity index is 411. The molecule has 0 saturated carbocycles. The van der Waals surface area contributed by atoms with E-state index in [0.717, 1.165) is 12.0 Å². The van der Waals surface area contributed by atoms with E-state index in [9.17, 15) is 15.2 Å². The van der Waals surface area contributed by atoms with Gasteiger partial charge >= 0.3 is 0 Å². The van der Waals surface area contributed by atoms with Gasteiger partial charge in [-0.1, -0.05) is 19.1 Å². The van der Waals surface area contributed by atoms with Crippen LogP contribution in [0.15, 0.2) is 24.3 Å². The van der Waals surface area contributed by atoms with Gasteiger partial charge in [0.2, 0.25) is 0 Å². The molecule has 6 nitrogen and oxygen atoms in total. The fraction of sp³-hybridized carbons (Fsp3) is 0.538. The number of hydrogen-bond donors (Lipinski definition) is 2. The highest BCUT2D eigenvalue weighted by Gasteiger charge is 2.17. The number of nitro benzene ring substituents is 1. The molecule has 0 aliphatic rings. The second kappa shape index (κ2) is 7.83. The van der Waals surface area contributed by atoms with Crippen molar-refractivity contribution in [2.75, 3.05) is 20.3 Å². The Balaban J connectivity index is 2.84. The minimum absolute atomic E-state index is 0.0424. The smallest absolute Gasteiger partial charge is 0.269 e. The lowest BCUT2D eigenvalue weighted by molar-refractivity contribution is -0.384. The summed E-state index contributed by atoms with van der Waals surface area (Å²) in [7, 11) is 1.57. The Morgan fingerprint density at radius 2 is 2.26 bits per heavy atom. The predicted octanol–water partition coefficient (Wildman–Crippen LogP) is 1.64. The fourth-order valence-electron chi connectivity index (χ4n) is 1.94. The van der Waals surface area contributed by atoms with Gasteiger partial charge in [-0.2, -0.15) is 0 Å².